The van der Waals surface area contributed by atoms with Crippen molar-refractivity contribution in [2.75, 3.05) is 26.7 Å². The van der Waals surface area contributed by atoms with Crippen LogP contribution in [0.3, 0.4) is 0 Å². The van der Waals surface area contributed by atoms with Gasteiger partial charge in [-0.15, -0.1) is 12.4 Å². The molecule has 1 aliphatic rings. The Kier molecular flexibility index (Phi) is 7.21. The molecule has 23 heavy (non-hydrogen) atoms. The first-order chi connectivity index (χ1) is 10.4. The molecular formula is C15H22ClN3O3S. The van der Waals surface area contributed by atoms with Crippen LogP contribution >= 0.6 is 12.4 Å². The summed E-state index contributed by atoms with van der Waals surface area (Å²) in [5.74, 6) is -0.0275. The van der Waals surface area contributed by atoms with Gasteiger partial charge >= 0.3 is 0 Å². The highest BCUT2D eigenvalue weighted by molar-refractivity contribution is 7.89. The standard InChI is InChI=1S/C15H21N3O3S.ClH/c1-12-11-18(10-9-17-12)15(19)8-5-13-3-6-14(7-4-13)22(20,21)16-2;/h3-8,12,16-17H,9-11H2,1-2H3;1H/b8-5+;. The largest absolute Gasteiger partial charge is 0.336 e. The molecule has 1 fully saturated rings. The average Bonchev–Trinajstić information content (AvgIpc) is 2.53. The number of halogens is 1. The maximum Gasteiger partial charge on any atom is 0.246 e. The van der Waals surface area contributed by atoms with Gasteiger partial charge in [0, 0.05) is 31.8 Å². The van der Waals surface area contributed by atoms with E-state index in [9.17, 15) is 13.2 Å². The number of rotatable bonds is 4. The highest BCUT2D eigenvalue weighted by Gasteiger charge is 2.18. The van der Waals surface area contributed by atoms with Crippen molar-refractivity contribution in [1.82, 2.24) is 14.9 Å². The molecule has 0 aliphatic carbocycles. The number of carbonyl (C=O) groups excluding carboxylic acids is 1. The summed E-state index contributed by atoms with van der Waals surface area (Å²) >= 11 is 0. The van der Waals surface area contributed by atoms with E-state index >= 15 is 0 Å². The third-order valence-electron chi connectivity index (χ3n) is 3.56. The van der Waals surface area contributed by atoms with Crippen molar-refractivity contribution in [3.05, 3.63) is 35.9 Å². The van der Waals surface area contributed by atoms with E-state index in [0.29, 0.717) is 19.1 Å². The smallest absolute Gasteiger partial charge is 0.246 e. The van der Waals surface area contributed by atoms with Gasteiger partial charge in [-0.05, 0) is 37.7 Å². The van der Waals surface area contributed by atoms with Gasteiger partial charge in [0.2, 0.25) is 15.9 Å². The van der Waals surface area contributed by atoms with Crippen LogP contribution < -0.4 is 10.0 Å². The van der Waals surface area contributed by atoms with Gasteiger partial charge in [0.05, 0.1) is 4.90 Å². The number of sulfonamides is 1. The molecule has 0 saturated carbocycles. The second kappa shape index (κ2) is 8.44. The van der Waals surface area contributed by atoms with E-state index in [4.69, 9.17) is 0 Å². The Morgan fingerprint density at radius 2 is 2.00 bits per heavy atom. The minimum absolute atomic E-state index is 0. The summed E-state index contributed by atoms with van der Waals surface area (Å²) < 4.78 is 25.5. The van der Waals surface area contributed by atoms with Crippen LogP contribution in [0.5, 0.6) is 0 Å². The first kappa shape index (κ1) is 19.6. The topological polar surface area (TPSA) is 78.5 Å². The quantitative estimate of drug-likeness (QED) is 0.781. The molecule has 2 rings (SSSR count). The number of amides is 1. The van der Waals surface area contributed by atoms with Gasteiger partial charge < -0.3 is 10.2 Å². The summed E-state index contributed by atoms with van der Waals surface area (Å²) in [7, 11) is -2.05. The van der Waals surface area contributed by atoms with Gasteiger partial charge in [0.25, 0.3) is 0 Å². The van der Waals surface area contributed by atoms with E-state index in [1.54, 1.807) is 23.1 Å². The Balaban J connectivity index is 0.00000264. The maximum absolute atomic E-state index is 12.1. The molecule has 1 aliphatic heterocycles. The zero-order chi connectivity index (χ0) is 16.2. The Morgan fingerprint density at radius 3 is 2.57 bits per heavy atom. The van der Waals surface area contributed by atoms with Crippen molar-refractivity contribution in [3.63, 3.8) is 0 Å². The minimum atomic E-state index is -3.43. The number of hydrogen-bond acceptors (Lipinski definition) is 4. The van der Waals surface area contributed by atoms with Crippen LogP contribution in [-0.2, 0) is 14.8 Å². The molecule has 0 spiro atoms. The van der Waals surface area contributed by atoms with Crippen molar-refractivity contribution in [3.8, 4) is 0 Å². The lowest BCUT2D eigenvalue weighted by molar-refractivity contribution is -0.127. The van der Waals surface area contributed by atoms with Crippen LogP contribution in [0, 0.1) is 0 Å². The predicted octanol–water partition coefficient (Wildman–Crippen LogP) is 0.850. The van der Waals surface area contributed by atoms with Crippen LogP contribution in [0.2, 0.25) is 0 Å². The van der Waals surface area contributed by atoms with Crippen LogP contribution in [0.25, 0.3) is 6.08 Å². The molecule has 0 radical (unpaired) electrons. The van der Waals surface area contributed by atoms with Crippen molar-refractivity contribution < 1.29 is 13.2 Å². The van der Waals surface area contributed by atoms with Crippen LogP contribution in [-0.4, -0.2) is 51.9 Å². The van der Waals surface area contributed by atoms with Crippen molar-refractivity contribution in [1.29, 1.82) is 0 Å². The third-order valence-corrected chi connectivity index (χ3v) is 4.99. The Hall–Kier alpha value is -1.41. The number of benzene rings is 1. The fraction of sp³-hybridized carbons (Fsp3) is 0.400. The van der Waals surface area contributed by atoms with E-state index < -0.39 is 10.0 Å². The van der Waals surface area contributed by atoms with Crippen molar-refractivity contribution >= 4 is 34.4 Å². The normalized spacial score (nSPS) is 18.7. The Labute approximate surface area is 143 Å². The van der Waals surface area contributed by atoms with Gasteiger partial charge in [0.15, 0.2) is 0 Å². The van der Waals surface area contributed by atoms with Gasteiger partial charge in [-0.1, -0.05) is 12.1 Å². The highest BCUT2D eigenvalue weighted by Crippen LogP contribution is 2.11. The summed E-state index contributed by atoms with van der Waals surface area (Å²) in [5, 5.41) is 3.29. The number of carbonyl (C=O) groups is 1. The average molecular weight is 360 g/mol. The third kappa shape index (κ3) is 5.31. The number of nitrogens with zero attached hydrogens (tertiary/aromatic N) is 1. The highest BCUT2D eigenvalue weighted by atomic mass is 35.5. The van der Waals surface area contributed by atoms with Crippen LogP contribution in [0.1, 0.15) is 12.5 Å². The van der Waals surface area contributed by atoms with Crippen molar-refractivity contribution in [2.45, 2.75) is 17.9 Å². The fourth-order valence-corrected chi connectivity index (χ4v) is 3.01. The summed E-state index contributed by atoms with van der Waals surface area (Å²) in [5.41, 5.74) is 0.784. The van der Waals surface area contributed by atoms with Gasteiger partial charge in [-0.3, -0.25) is 4.79 Å². The molecule has 0 bridgehead atoms. The summed E-state index contributed by atoms with van der Waals surface area (Å²) in [6, 6.07) is 6.69. The monoisotopic (exact) mass is 359 g/mol. The number of piperazine rings is 1. The predicted molar refractivity (Wildman–Crippen MR) is 93.0 cm³/mol. The summed E-state index contributed by atoms with van der Waals surface area (Å²) in [4.78, 5) is 14.1. The zero-order valence-electron chi connectivity index (χ0n) is 13.2. The molecule has 128 valence electrons. The molecule has 1 saturated heterocycles. The van der Waals surface area contributed by atoms with E-state index in [2.05, 4.69) is 10.0 Å². The lowest BCUT2D eigenvalue weighted by Crippen LogP contribution is -2.50. The minimum Gasteiger partial charge on any atom is -0.336 e. The molecule has 6 nitrogen and oxygen atoms in total. The summed E-state index contributed by atoms with van der Waals surface area (Å²) in [6.45, 7) is 4.25. The SMILES string of the molecule is CNS(=O)(=O)c1ccc(/C=C/C(=O)N2CCNC(C)C2)cc1.Cl. The lowest BCUT2D eigenvalue weighted by atomic mass is 10.2. The fourth-order valence-electron chi connectivity index (χ4n) is 2.28. The lowest BCUT2D eigenvalue weighted by Gasteiger charge is -2.31. The second-order valence-corrected chi connectivity index (χ2v) is 7.14. The molecular weight excluding hydrogens is 338 g/mol. The Bertz CT molecular complexity index is 659. The van der Waals surface area contributed by atoms with Gasteiger partial charge in [-0.25, -0.2) is 13.1 Å². The molecule has 1 aromatic rings. The first-order valence-electron chi connectivity index (χ1n) is 7.16. The van der Waals surface area contributed by atoms with Gasteiger partial charge in [-0.2, -0.15) is 0 Å². The first-order valence-corrected chi connectivity index (χ1v) is 8.64. The number of nitrogens with one attached hydrogen (secondary N) is 2. The van der Waals surface area contributed by atoms with Gasteiger partial charge in [0.1, 0.15) is 0 Å². The Morgan fingerprint density at radius 1 is 1.35 bits per heavy atom. The van der Waals surface area contributed by atoms with Crippen molar-refractivity contribution in [2.24, 2.45) is 0 Å². The molecule has 8 heteroatoms. The molecule has 1 aromatic carbocycles. The zero-order valence-corrected chi connectivity index (χ0v) is 14.8. The van der Waals surface area contributed by atoms with Crippen LogP contribution in [0.15, 0.2) is 35.2 Å². The van der Waals surface area contributed by atoms with E-state index in [1.807, 2.05) is 6.92 Å². The molecule has 1 atom stereocenters. The maximum atomic E-state index is 12.1. The summed E-state index contributed by atoms with van der Waals surface area (Å²) in [6.07, 6.45) is 3.23. The van der Waals surface area contributed by atoms with E-state index in [0.717, 1.165) is 12.1 Å². The molecule has 1 unspecified atom stereocenters. The van der Waals surface area contributed by atoms with Crippen LogP contribution in [0.4, 0.5) is 0 Å². The van der Waals surface area contributed by atoms with E-state index in [-0.39, 0.29) is 23.2 Å². The molecule has 0 aromatic heterocycles. The van der Waals surface area contributed by atoms with E-state index in [1.165, 1.54) is 25.3 Å². The molecule has 1 amide bonds. The second-order valence-electron chi connectivity index (χ2n) is 5.25. The molecule has 2 N–H and O–H groups in total. The number of hydrogen-bond donors (Lipinski definition) is 2. The molecule has 1 heterocycles.